The molecule has 0 amide bonds. The lowest BCUT2D eigenvalue weighted by atomic mass is 10.1. The van der Waals surface area contributed by atoms with Crippen LogP contribution in [0, 0.1) is 0 Å². The number of hydrogen-bond donors (Lipinski definition) is 0. The lowest BCUT2D eigenvalue weighted by molar-refractivity contribution is 0.211. The average molecular weight is 146 g/mol. The summed E-state index contributed by atoms with van der Waals surface area (Å²) >= 11 is 0. The molecular formula is C10H10O. The predicted octanol–water partition coefficient (Wildman–Crippen LogP) is 2.15. The van der Waals surface area contributed by atoms with Gasteiger partial charge in [0.2, 0.25) is 0 Å². The fourth-order valence-corrected chi connectivity index (χ4v) is 1.78. The van der Waals surface area contributed by atoms with Crippen molar-refractivity contribution >= 4 is 0 Å². The second-order valence-electron chi connectivity index (χ2n) is 3.57. The van der Waals surface area contributed by atoms with E-state index in [1.54, 1.807) is 0 Å². The van der Waals surface area contributed by atoms with E-state index in [0.717, 1.165) is 12.2 Å². The Hall–Kier alpha value is -0.980. The Balaban J connectivity index is 2.08. The zero-order chi connectivity index (χ0) is 7.31. The van der Waals surface area contributed by atoms with E-state index in [1.807, 2.05) is 6.07 Å². The minimum Gasteiger partial charge on any atom is -0.487 e. The molecule has 0 atom stereocenters. The first-order valence-electron chi connectivity index (χ1n) is 4.15. The second-order valence-corrected chi connectivity index (χ2v) is 3.57. The highest BCUT2D eigenvalue weighted by molar-refractivity contribution is 5.40. The Bertz CT molecular complexity index is 272. The van der Waals surface area contributed by atoms with Crippen molar-refractivity contribution in [1.29, 1.82) is 0 Å². The van der Waals surface area contributed by atoms with Gasteiger partial charge in [-0.05, 0) is 24.5 Å². The molecule has 0 radical (unpaired) electrons. The molecule has 1 saturated carbocycles. The van der Waals surface area contributed by atoms with Crippen molar-refractivity contribution in [2.45, 2.75) is 24.9 Å². The Morgan fingerprint density at radius 1 is 1.18 bits per heavy atom. The van der Waals surface area contributed by atoms with Crippen LogP contribution in [0.1, 0.15) is 18.4 Å². The number of fused-ring (bicyclic) bond motifs is 1. The summed E-state index contributed by atoms with van der Waals surface area (Å²) in [5, 5.41) is 0. The molecule has 1 nitrogen and oxygen atoms in total. The molecule has 0 unspecified atom stereocenters. The summed E-state index contributed by atoms with van der Waals surface area (Å²) in [7, 11) is 0. The molecule has 0 saturated heterocycles. The summed E-state index contributed by atoms with van der Waals surface area (Å²) in [5.74, 6) is 1.12. The molecule has 1 aliphatic heterocycles. The van der Waals surface area contributed by atoms with Crippen LogP contribution in [0.25, 0.3) is 0 Å². The Kier molecular flexibility index (Phi) is 0.823. The van der Waals surface area contributed by atoms with Crippen LogP contribution in [-0.4, -0.2) is 5.60 Å². The van der Waals surface area contributed by atoms with Crippen LogP contribution in [0.3, 0.4) is 0 Å². The van der Waals surface area contributed by atoms with Crippen molar-refractivity contribution in [3.05, 3.63) is 29.8 Å². The maximum atomic E-state index is 5.81. The SMILES string of the molecule is c1ccc2c(c1)CC1(CC1)O2. The lowest BCUT2D eigenvalue weighted by Gasteiger charge is -2.04. The normalized spacial score (nSPS) is 22.9. The summed E-state index contributed by atoms with van der Waals surface area (Å²) in [6.07, 6.45) is 3.65. The van der Waals surface area contributed by atoms with Gasteiger partial charge < -0.3 is 4.74 Å². The monoisotopic (exact) mass is 146 g/mol. The molecule has 2 aliphatic rings. The van der Waals surface area contributed by atoms with E-state index < -0.39 is 0 Å². The summed E-state index contributed by atoms with van der Waals surface area (Å²) in [5.41, 5.74) is 1.65. The van der Waals surface area contributed by atoms with Crippen molar-refractivity contribution in [2.24, 2.45) is 0 Å². The first kappa shape index (κ1) is 5.64. The topological polar surface area (TPSA) is 9.23 Å². The summed E-state index contributed by atoms with van der Waals surface area (Å²) < 4.78 is 5.81. The van der Waals surface area contributed by atoms with Gasteiger partial charge in [-0.2, -0.15) is 0 Å². The third kappa shape index (κ3) is 0.710. The quantitative estimate of drug-likeness (QED) is 0.545. The molecule has 56 valence electrons. The van der Waals surface area contributed by atoms with Crippen LogP contribution in [-0.2, 0) is 6.42 Å². The van der Waals surface area contributed by atoms with Crippen LogP contribution in [0.5, 0.6) is 5.75 Å². The minimum atomic E-state index is 0.254. The predicted molar refractivity (Wildman–Crippen MR) is 42.7 cm³/mol. The first-order valence-corrected chi connectivity index (χ1v) is 4.15. The van der Waals surface area contributed by atoms with E-state index in [2.05, 4.69) is 18.2 Å². The number of para-hydroxylation sites is 1. The Morgan fingerprint density at radius 3 is 2.73 bits per heavy atom. The van der Waals surface area contributed by atoms with Gasteiger partial charge in [-0.3, -0.25) is 0 Å². The molecule has 1 heterocycles. The molecular weight excluding hydrogens is 136 g/mol. The van der Waals surface area contributed by atoms with Gasteiger partial charge in [0, 0.05) is 6.42 Å². The van der Waals surface area contributed by atoms with Crippen LogP contribution in [0.4, 0.5) is 0 Å². The Labute approximate surface area is 66.0 Å². The molecule has 1 aromatic carbocycles. The molecule has 1 aromatic rings. The smallest absolute Gasteiger partial charge is 0.123 e. The number of rotatable bonds is 0. The number of hydrogen-bond acceptors (Lipinski definition) is 1. The van der Waals surface area contributed by atoms with Gasteiger partial charge in [-0.25, -0.2) is 0 Å². The van der Waals surface area contributed by atoms with E-state index in [4.69, 9.17) is 4.74 Å². The third-order valence-electron chi connectivity index (χ3n) is 2.62. The van der Waals surface area contributed by atoms with E-state index >= 15 is 0 Å². The summed E-state index contributed by atoms with van der Waals surface area (Å²) in [6, 6.07) is 8.37. The second kappa shape index (κ2) is 1.60. The maximum absolute atomic E-state index is 5.81. The highest BCUT2D eigenvalue weighted by Gasteiger charge is 2.49. The molecule has 11 heavy (non-hydrogen) atoms. The van der Waals surface area contributed by atoms with Gasteiger partial charge in [0.1, 0.15) is 11.4 Å². The van der Waals surface area contributed by atoms with Gasteiger partial charge in [0.05, 0.1) is 0 Å². The van der Waals surface area contributed by atoms with Crippen LogP contribution in [0.2, 0.25) is 0 Å². The van der Waals surface area contributed by atoms with E-state index in [9.17, 15) is 0 Å². The van der Waals surface area contributed by atoms with Crippen molar-refractivity contribution in [2.75, 3.05) is 0 Å². The third-order valence-corrected chi connectivity index (χ3v) is 2.62. The van der Waals surface area contributed by atoms with Gasteiger partial charge in [-0.15, -0.1) is 0 Å². The van der Waals surface area contributed by atoms with Crippen LogP contribution < -0.4 is 4.74 Å². The van der Waals surface area contributed by atoms with E-state index in [1.165, 1.54) is 18.4 Å². The summed E-state index contributed by atoms with van der Waals surface area (Å²) in [6.45, 7) is 0. The standard InChI is InChI=1S/C10H10O/c1-2-4-9-8(3-1)7-10(11-9)5-6-10/h1-4H,5-7H2. The molecule has 1 heteroatoms. The van der Waals surface area contributed by atoms with Gasteiger partial charge in [-0.1, -0.05) is 18.2 Å². The van der Waals surface area contributed by atoms with E-state index in [-0.39, 0.29) is 5.60 Å². The molecule has 0 bridgehead atoms. The van der Waals surface area contributed by atoms with Gasteiger partial charge in [0.25, 0.3) is 0 Å². The molecule has 1 spiro atoms. The fourth-order valence-electron chi connectivity index (χ4n) is 1.78. The Morgan fingerprint density at radius 2 is 2.00 bits per heavy atom. The van der Waals surface area contributed by atoms with Crippen molar-refractivity contribution < 1.29 is 4.74 Å². The molecule has 0 N–H and O–H groups in total. The zero-order valence-electron chi connectivity index (χ0n) is 6.34. The summed E-state index contributed by atoms with van der Waals surface area (Å²) in [4.78, 5) is 0. The van der Waals surface area contributed by atoms with E-state index in [0.29, 0.717) is 0 Å². The first-order chi connectivity index (χ1) is 5.38. The van der Waals surface area contributed by atoms with Crippen LogP contribution in [0.15, 0.2) is 24.3 Å². The molecule has 1 fully saturated rings. The maximum Gasteiger partial charge on any atom is 0.123 e. The minimum absolute atomic E-state index is 0.254. The average Bonchev–Trinajstić information content (AvgIpc) is 2.66. The van der Waals surface area contributed by atoms with Crippen molar-refractivity contribution in [1.82, 2.24) is 0 Å². The van der Waals surface area contributed by atoms with Crippen molar-refractivity contribution in [3.63, 3.8) is 0 Å². The van der Waals surface area contributed by atoms with Gasteiger partial charge >= 0.3 is 0 Å². The van der Waals surface area contributed by atoms with Crippen LogP contribution >= 0.6 is 0 Å². The molecule has 0 aromatic heterocycles. The molecule has 3 rings (SSSR count). The number of ether oxygens (including phenoxy) is 1. The van der Waals surface area contributed by atoms with Crippen molar-refractivity contribution in [3.8, 4) is 5.75 Å². The number of benzene rings is 1. The molecule has 1 aliphatic carbocycles. The fraction of sp³-hybridized carbons (Fsp3) is 0.400. The highest BCUT2D eigenvalue weighted by Crippen LogP contribution is 2.49. The lowest BCUT2D eigenvalue weighted by Crippen LogP contribution is -2.12. The highest BCUT2D eigenvalue weighted by atomic mass is 16.5. The largest absolute Gasteiger partial charge is 0.487 e. The zero-order valence-corrected chi connectivity index (χ0v) is 6.34. The van der Waals surface area contributed by atoms with Gasteiger partial charge in [0.15, 0.2) is 0 Å².